The maximum absolute atomic E-state index is 11.7. The van der Waals surface area contributed by atoms with Crippen LogP contribution in [0.2, 0.25) is 0 Å². The summed E-state index contributed by atoms with van der Waals surface area (Å²) in [6.07, 6.45) is 1.51. The summed E-state index contributed by atoms with van der Waals surface area (Å²) >= 11 is -1.30. The van der Waals surface area contributed by atoms with E-state index in [-0.39, 0.29) is 0 Å². The Bertz CT molecular complexity index is 452. The Kier molecular flexibility index (Phi) is 4.93. The SMILES string of the molecule is COC(=O)c1cccc(/C=N/[S+]([O-])C(C)(C)C)c1. The number of hydrogen-bond acceptors (Lipinski definition) is 4. The normalized spacial score (nSPS) is 13.6. The van der Waals surface area contributed by atoms with Crippen LogP contribution in [-0.4, -0.2) is 28.6 Å². The van der Waals surface area contributed by atoms with Gasteiger partial charge in [0.25, 0.3) is 0 Å². The molecule has 18 heavy (non-hydrogen) atoms. The summed E-state index contributed by atoms with van der Waals surface area (Å²) in [5, 5.41) is 0. The van der Waals surface area contributed by atoms with Crippen LogP contribution in [0, 0.1) is 0 Å². The minimum Gasteiger partial charge on any atom is -0.591 e. The quantitative estimate of drug-likeness (QED) is 0.480. The summed E-state index contributed by atoms with van der Waals surface area (Å²) in [4.78, 5) is 11.3. The second-order valence-electron chi connectivity index (χ2n) is 4.71. The first kappa shape index (κ1) is 14.7. The van der Waals surface area contributed by atoms with Crippen LogP contribution in [0.1, 0.15) is 36.7 Å². The van der Waals surface area contributed by atoms with Gasteiger partial charge >= 0.3 is 5.97 Å². The lowest BCUT2D eigenvalue weighted by Gasteiger charge is -2.17. The standard InChI is InChI=1S/C13H17NO3S/c1-13(2,3)18(16)14-9-10-6-5-7-11(8-10)12(15)17-4/h5-9H,1-4H3/b14-9+. The summed E-state index contributed by atoms with van der Waals surface area (Å²) in [5.74, 6) is -0.401. The van der Waals surface area contributed by atoms with Crippen LogP contribution in [0.15, 0.2) is 28.7 Å². The fourth-order valence-corrected chi connectivity index (χ4v) is 1.66. The van der Waals surface area contributed by atoms with Crippen LogP contribution >= 0.6 is 0 Å². The molecule has 0 aliphatic heterocycles. The van der Waals surface area contributed by atoms with Crippen molar-refractivity contribution in [2.45, 2.75) is 25.5 Å². The monoisotopic (exact) mass is 267 g/mol. The van der Waals surface area contributed by atoms with Gasteiger partial charge in [0.05, 0.1) is 18.9 Å². The highest BCUT2D eigenvalue weighted by atomic mass is 32.2. The third-order valence-electron chi connectivity index (χ3n) is 2.13. The number of nitrogens with zero attached hydrogens (tertiary/aromatic N) is 1. The van der Waals surface area contributed by atoms with E-state index in [0.29, 0.717) is 5.56 Å². The zero-order valence-corrected chi connectivity index (χ0v) is 11.8. The predicted molar refractivity (Wildman–Crippen MR) is 73.3 cm³/mol. The first-order valence-electron chi connectivity index (χ1n) is 5.49. The first-order valence-corrected chi connectivity index (χ1v) is 6.59. The Morgan fingerprint density at radius 2 is 2.11 bits per heavy atom. The summed E-state index contributed by atoms with van der Waals surface area (Å²) in [6, 6.07) is 6.82. The van der Waals surface area contributed by atoms with Gasteiger partial charge in [-0.15, -0.1) is 0 Å². The molecule has 0 bridgehead atoms. The number of methoxy groups -OCH3 is 1. The fraction of sp³-hybridized carbons (Fsp3) is 0.385. The van der Waals surface area contributed by atoms with E-state index in [2.05, 4.69) is 9.13 Å². The highest BCUT2D eigenvalue weighted by Gasteiger charge is 2.25. The Labute approximate surface area is 110 Å². The smallest absolute Gasteiger partial charge is 0.337 e. The predicted octanol–water partition coefficient (Wildman–Crippen LogP) is 2.35. The fourth-order valence-electron chi connectivity index (χ4n) is 1.13. The highest BCUT2D eigenvalue weighted by molar-refractivity contribution is 7.91. The first-order chi connectivity index (χ1) is 8.34. The van der Waals surface area contributed by atoms with Crippen molar-refractivity contribution >= 4 is 23.5 Å². The van der Waals surface area contributed by atoms with E-state index in [1.807, 2.05) is 20.8 Å². The second-order valence-corrected chi connectivity index (χ2v) is 6.65. The van der Waals surface area contributed by atoms with Crippen molar-refractivity contribution in [1.82, 2.24) is 0 Å². The van der Waals surface area contributed by atoms with Crippen molar-refractivity contribution in [2.75, 3.05) is 7.11 Å². The lowest BCUT2D eigenvalue weighted by atomic mass is 10.1. The van der Waals surface area contributed by atoms with Gasteiger partial charge in [-0.3, -0.25) is 0 Å². The Hall–Kier alpha value is -1.33. The number of hydrogen-bond donors (Lipinski definition) is 0. The molecule has 0 aliphatic carbocycles. The Morgan fingerprint density at radius 3 is 2.67 bits per heavy atom. The van der Waals surface area contributed by atoms with Gasteiger partial charge in [-0.05, 0) is 38.5 Å². The molecule has 5 heteroatoms. The van der Waals surface area contributed by atoms with Crippen molar-refractivity contribution in [3.05, 3.63) is 35.4 Å². The van der Waals surface area contributed by atoms with Crippen LogP contribution in [0.25, 0.3) is 0 Å². The molecule has 0 heterocycles. The number of rotatable bonds is 3. The van der Waals surface area contributed by atoms with E-state index >= 15 is 0 Å². The molecule has 1 atom stereocenters. The van der Waals surface area contributed by atoms with E-state index in [1.165, 1.54) is 13.3 Å². The Balaban J connectivity index is 2.86. The van der Waals surface area contributed by atoms with Gasteiger partial charge in [0, 0.05) is 0 Å². The van der Waals surface area contributed by atoms with Gasteiger partial charge in [0.15, 0.2) is 0 Å². The molecule has 1 aromatic carbocycles. The molecule has 1 rings (SSSR count). The maximum atomic E-state index is 11.7. The molecular formula is C13H17NO3S. The molecule has 0 amide bonds. The molecule has 1 aromatic rings. The minimum absolute atomic E-state index is 0.392. The number of ether oxygens (including phenoxy) is 1. The Morgan fingerprint density at radius 1 is 1.44 bits per heavy atom. The van der Waals surface area contributed by atoms with Crippen LogP contribution < -0.4 is 0 Å². The largest absolute Gasteiger partial charge is 0.591 e. The molecule has 0 saturated carbocycles. The second kappa shape index (κ2) is 6.02. The van der Waals surface area contributed by atoms with Crippen molar-refractivity contribution in [3.8, 4) is 0 Å². The van der Waals surface area contributed by atoms with E-state index in [9.17, 15) is 9.35 Å². The van der Waals surface area contributed by atoms with E-state index in [4.69, 9.17) is 0 Å². The maximum Gasteiger partial charge on any atom is 0.337 e. The van der Waals surface area contributed by atoms with Crippen LogP contribution in [0.4, 0.5) is 0 Å². The van der Waals surface area contributed by atoms with Gasteiger partial charge < -0.3 is 9.29 Å². The van der Waals surface area contributed by atoms with Crippen molar-refractivity contribution in [1.29, 1.82) is 0 Å². The average molecular weight is 267 g/mol. The molecular weight excluding hydrogens is 250 g/mol. The van der Waals surface area contributed by atoms with Gasteiger partial charge in [-0.1, -0.05) is 16.5 Å². The average Bonchev–Trinajstić information content (AvgIpc) is 2.34. The van der Waals surface area contributed by atoms with Crippen molar-refractivity contribution in [2.24, 2.45) is 4.40 Å². The van der Waals surface area contributed by atoms with Gasteiger partial charge in [0.2, 0.25) is 0 Å². The lowest BCUT2D eigenvalue weighted by molar-refractivity contribution is 0.0600. The number of carbonyl (C=O) groups is 1. The summed E-state index contributed by atoms with van der Waals surface area (Å²) in [5.41, 5.74) is 1.17. The highest BCUT2D eigenvalue weighted by Crippen LogP contribution is 2.17. The topological polar surface area (TPSA) is 61.7 Å². The summed E-state index contributed by atoms with van der Waals surface area (Å²) < 4.78 is 20.0. The number of benzene rings is 1. The molecule has 0 aromatic heterocycles. The zero-order valence-electron chi connectivity index (χ0n) is 11.0. The van der Waals surface area contributed by atoms with Gasteiger partial charge in [-0.2, -0.15) is 0 Å². The van der Waals surface area contributed by atoms with E-state index in [1.54, 1.807) is 24.3 Å². The minimum atomic E-state index is -1.30. The van der Waals surface area contributed by atoms with E-state index in [0.717, 1.165) is 5.56 Å². The number of esters is 1. The summed E-state index contributed by atoms with van der Waals surface area (Å²) in [7, 11) is 1.33. The molecule has 0 N–H and O–H groups in total. The molecule has 0 fully saturated rings. The molecule has 0 saturated heterocycles. The van der Waals surface area contributed by atoms with Crippen molar-refractivity contribution in [3.63, 3.8) is 0 Å². The molecule has 98 valence electrons. The zero-order chi connectivity index (χ0) is 13.8. The molecule has 0 radical (unpaired) electrons. The third-order valence-corrected chi connectivity index (χ3v) is 3.47. The summed E-state index contributed by atoms with van der Waals surface area (Å²) in [6.45, 7) is 5.56. The number of carbonyl (C=O) groups excluding carboxylic acids is 1. The van der Waals surface area contributed by atoms with Crippen LogP contribution in [-0.2, 0) is 16.1 Å². The lowest BCUT2D eigenvalue weighted by Crippen LogP contribution is -2.25. The van der Waals surface area contributed by atoms with Gasteiger partial charge in [0.1, 0.15) is 16.1 Å². The molecule has 0 aliphatic rings. The molecule has 1 unspecified atom stereocenters. The van der Waals surface area contributed by atoms with Gasteiger partial charge in [-0.25, -0.2) is 4.79 Å². The molecule has 0 spiro atoms. The van der Waals surface area contributed by atoms with E-state index < -0.39 is 22.1 Å². The third kappa shape index (κ3) is 4.16. The van der Waals surface area contributed by atoms with Crippen LogP contribution in [0.5, 0.6) is 0 Å². The van der Waals surface area contributed by atoms with Crippen molar-refractivity contribution < 1.29 is 14.1 Å². The molecule has 4 nitrogen and oxygen atoms in total. The van der Waals surface area contributed by atoms with Crippen LogP contribution in [0.3, 0.4) is 0 Å².